The van der Waals surface area contributed by atoms with Crippen molar-refractivity contribution in [2.45, 2.75) is 31.8 Å². The van der Waals surface area contributed by atoms with Crippen LogP contribution >= 0.6 is 27.5 Å². The van der Waals surface area contributed by atoms with Gasteiger partial charge in [-0.25, -0.2) is 0 Å². The standard InChI is InChI=1S/C13H16BrClN2O/c1-2-5-17-12(18)7-11(16)13(17)9-6-8(15)3-4-10(9)14/h3-4,6,11,13H,2,5,7,16H2,1H3. The topological polar surface area (TPSA) is 46.3 Å². The smallest absolute Gasteiger partial charge is 0.224 e. The Morgan fingerprint density at radius 1 is 1.56 bits per heavy atom. The van der Waals surface area contributed by atoms with Crippen LogP contribution in [-0.2, 0) is 4.79 Å². The Bertz CT molecular complexity index is 466. The molecule has 2 N–H and O–H groups in total. The number of benzene rings is 1. The highest BCUT2D eigenvalue weighted by molar-refractivity contribution is 9.10. The Hall–Kier alpha value is -0.580. The lowest BCUT2D eigenvalue weighted by Crippen LogP contribution is -2.33. The molecule has 0 spiro atoms. The van der Waals surface area contributed by atoms with E-state index >= 15 is 0 Å². The predicted molar refractivity (Wildman–Crippen MR) is 76.5 cm³/mol. The molecule has 1 aliphatic rings. The number of halogens is 2. The Balaban J connectivity index is 2.40. The van der Waals surface area contributed by atoms with E-state index in [-0.39, 0.29) is 18.0 Å². The molecule has 1 amide bonds. The fourth-order valence-electron chi connectivity index (χ4n) is 2.46. The van der Waals surface area contributed by atoms with Gasteiger partial charge in [0.1, 0.15) is 0 Å². The van der Waals surface area contributed by atoms with Gasteiger partial charge in [-0.15, -0.1) is 0 Å². The fourth-order valence-corrected chi connectivity index (χ4v) is 3.12. The number of carbonyl (C=O) groups excluding carboxylic acids is 1. The highest BCUT2D eigenvalue weighted by Gasteiger charge is 2.38. The van der Waals surface area contributed by atoms with E-state index < -0.39 is 0 Å². The molecule has 0 saturated carbocycles. The number of hydrogen-bond donors (Lipinski definition) is 1. The van der Waals surface area contributed by atoms with Crippen molar-refractivity contribution in [3.63, 3.8) is 0 Å². The summed E-state index contributed by atoms with van der Waals surface area (Å²) in [6, 6.07) is 5.36. The summed E-state index contributed by atoms with van der Waals surface area (Å²) in [5.41, 5.74) is 7.11. The fraction of sp³-hybridized carbons (Fsp3) is 0.462. The minimum Gasteiger partial charge on any atom is -0.334 e. The zero-order valence-electron chi connectivity index (χ0n) is 10.2. The van der Waals surface area contributed by atoms with Crippen LogP contribution in [0.3, 0.4) is 0 Å². The molecule has 98 valence electrons. The van der Waals surface area contributed by atoms with Crippen molar-refractivity contribution in [1.82, 2.24) is 4.90 Å². The molecule has 0 radical (unpaired) electrons. The van der Waals surface area contributed by atoms with E-state index in [4.69, 9.17) is 17.3 Å². The van der Waals surface area contributed by atoms with E-state index in [0.29, 0.717) is 11.4 Å². The van der Waals surface area contributed by atoms with E-state index in [0.717, 1.165) is 23.0 Å². The first-order valence-corrected chi connectivity index (χ1v) is 7.21. The first-order chi connectivity index (χ1) is 8.54. The van der Waals surface area contributed by atoms with Gasteiger partial charge in [-0.05, 0) is 30.2 Å². The van der Waals surface area contributed by atoms with E-state index in [1.807, 2.05) is 23.1 Å². The second kappa shape index (κ2) is 5.59. The van der Waals surface area contributed by atoms with E-state index in [1.165, 1.54) is 0 Å². The maximum atomic E-state index is 12.0. The van der Waals surface area contributed by atoms with Gasteiger partial charge in [0, 0.05) is 28.5 Å². The molecule has 18 heavy (non-hydrogen) atoms. The molecule has 1 aromatic carbocycles. The Morgan fingerprint density at radius 2 is 2.28 bits per heavy atom. The molecule has 0 bridgehead atoms. The van der Waals surface area contributed by atoms with Crippen LogP contribution in [0.15, 0.2) is 22.7 Å². The quantitative estimate of drug-likeness (QED) is 0.925. The molecule has 1 saturated heterocycles. The number of nitrogens with zero attached hydrogens (tertiary/aromatic N) is 1. The zero-order chi connectivity index (χ0) is 13.3. The maximum absolute atomic E-state index is 12.0. The molecule has 1 heterocycles. The van der Waals surface area contributed by atoms with Gasteiger partial charge in [-0.1, -0.05) is 34.5 Å². The van der Waals surface area contributed by atoms with Crippen LogP contribution in [0.2, 0.25) is 5.02 Å². The number of hydrogen-bond acceptors (Lipinski definition) is 2. The molecule has 0 aromatic heterocycles. The van der Waals surface area contributed by atoms with E-state index in [9.17, 15) is 4.79 Å². The SMILES string of the molecule is CCCN1C(=O)CC(N)C1c1cc(Cl)ccc1Br. The van der Waals surface area contributed by atoms with Crippen LogP contribution in [-0.4, -0.2) is 23.4 Å². The van der Waals surface area contributed by atoms with Crippen LogP contribution in [0, 0.1) is 0 Å². The Morgan fingerprint density at radius 3 is 2.94 bits per heavy atom. The Labute approximate surface area is 120 Å². The minimum absolute atomic E-state index is 0.0782. The summed E-state index contributed by atoms with van der Waals surface area (Å²) in [6.45, 7) is 2.79. The van der Waals surface area contributed by atoms with Crippen LogP contribution in [0.4, 0.5) is 0 Å². The third kappa shape index (κ3) is 2.56. The lowest BCUT2D eigenvalue weighted by atomic mass is 10.0. The summed E-state index contributed by atoms with van der Waals surface area (Å²) in [5.74, 6) is 0.126. The average molecular weight is 332 g/mol. The maximum Gasteiger partial charge on any atom is 0.224 e. The molecule has 2 rings (SSSR count). The number of nitrogens with two attached hydrogens (primary N) is 1. The van der Waals surface area contributed by atoms with Crippen molar-refractivity contribution in [3.8, 4) is 0 Å². The summed E-state index contributed by atoms with van der Waals surface area (Å²) < 4.78 is 0.947. The Kier molecular flexibility index (Phi) is 4.30. The van der Waals surface area contributed by atoms with Gasteiger partial charge in [0.15, 0.2) is 0 Å². The lowest BCUT2D eigenvalue weighted by Gasteiger charge is -2.28. The highest BCUT2D eigenvalue weighted by Crippen LogP contribution is 2.37. The predicted octanol–water partition coefficient (Wildman–Crippen LogP) is 3.11. The first kappa shape index (κ1) is 13.8. The van der Waals surface area contributed by atoms with E-state index in [2.05, 4.69) is 22.9 Å². The third-order valence-electron chi connectivity index (χ3n) is 3.21. The number of rotatable bonds is 3. The van der Waals surface area contributed by atoms with Crippen LogP contribution < -0.4 is 5.73 Å². The van der Waals surface area contributed by atoms with Gasteiger partial charge in [0.05, 0.1) is 6.04 Å². The van der Waals surface area contributed by atoms with Crippen molar-refractivity contribution < 1.29 is 4.79 Å². The van der Waals surface area contributed by atoms with Gasteiger partial charge >= 0.3 is 0 Å². The molecule has 5 heteroatoms. The molecular weight excluding hydrogens is 316 g/mol. The van der Waals surface area contributed by atoms with Crippen LogP contribution in [0.1, 0.15) is 31.4 Å². The van der Waals surface area contributed by atoms with Crippen molar-refractivity contribution in [2.24, 2.45) is 5.73 Å². The molecule has 1 aromatic rings. The van der Waals surface area contributed by atoms with Crippen molar-refractivity contribution in [3.05, 3.63) is 33.3 Å². The second-order valence-electron chi connectivity index (χ2n) is 4.57. The van der Waals surface area contributed by atoms with Crippen molar-refractivity contribution in [1.29, 1.82) is 0 Å². The van der Waals surface area contributed by atoms with Crippen molar-refractivity contribution in [2.75, 3.05) is 6.54 Å². The van der Waals surface area contributed by atoms with Gasteiger partial charge in [0.25, 0.3) is 0 Å². The van der Waals surface area contributed by atoms with Crippen LogP contribution in [0.25, 0.3) is 0 Å². The molecule has 0 aliphatic carbocycles. The number of amides is 1. The average Bonchev–Trinajstić information content (AvgIpc) is 2.58. The normalized spacial score (nSPS) is 23.8. The minimum atomic E-state index is -0.168. The summed E-state index contributed by atoms with van der Waals surface area (Å²) in [5, 5.41) is 0.663. The summed E-state index contributed by atoms with van der Waals surface area (Å²) in [7, 11) is 0. The van der Waals surface area contributed by atoms with Gasteiger partial charge in [-0.3, -0.25) is 4.79 Å². The number of carbonyl (C=O) groups is 1. The zero-order valence-corrected chi connectivity index (χ0v) is 12.5. The van der Waals surface area contributed by atoms with Gasteiger partial charge in [-0.2, -0.15) is 0 Å². The summed E-state index contributed by atoms with van der Waals surface area (Å²) in [4.78, 5) is 13.8. The largest absolute Gasteiger partial charge is 0.334 e. The third-order valence-corrected chi connectivity index (χ3v) is 4.17. The molecular formula is C13H16BrClN2O. The molecule has 2 unspecified atom stereocenters. The first-order valence-electron chi connectivity index (χ1n) is 6.04. The molecule has 2 atom stereocenters. The van der Waals surface area contributed by atoms with E-state index in [1.54, 1.807) is 0 Å². The molecule has 1 fully saturated rings. The lowest BCUT2D eigenvalue weighted by molar-refractivity contribution is -0.129. The molecule has 1 aliphatic heterocycles. The van der Waals surface area contributed by atoms with Gasteiger partial charge < -0.3 is 10.6 Å². The number of likely N-dealkylation sites (tertiary alicyclic amines) is 1. The highest BCUT2D eigenvalue weighted by atomic mass is 79.9. The van der Waals surface area contributed by atoms with Crippen molar-refractivity contribution >= 4 is 33.4 Å². The molecule has 3 nitrogen and oxygen atoms in total. The second-order valence-corrected chi connectivity index (χ2v) is 5.86. The van der Waals surface area contributed by atoms with Gasteiger partial charge in [0.2, 0.25) is 5.91 Å². The van der Waals surface area contributed by atoms with Crippen LogP contribution in [0.5, 0.6) is 0 Å². The summed E-state index contributed by atoms with van der Waals surface area (Å²) >= 11 is 9.55. The summed E-state index contributed by atoms with van der Waals surface area (Å²) in [6.07, 6.45) is 1.33. The monoisotopic (exact) mass is 330 g/mol.